The topological polar surface area (TPSA) is 67.9 Å². The van der Waals surface area contributed by atoms with E-state index in [1.807, 2.05) is 45.0 Å². The molecule has 9 heteroatoms. The quantitative estimate of drug-likeness (QED) is 0.497. The van der Waals surface area contributed by atoms with E-state index in [9.17, 15) is 22.8 Å². The van der Waals surface area contributed by atoms with Crippen LogP contribution in [0.3, 0.4) is 0 Å². The Kier molecular flexibility index (Phi) is 8.30. The lowest BCUT2D eigenvalue weighted by atomic mass is 10.1. The molecule has 2 amide bonds. The van der Waals surface area contributed by atoms with Crippen molar-refractivity contribution < 1.29 is 32.2 Å². The molecule has 0 aromatic heterocycles. The number of fused-ring (bicyclic) bond motifs is 1. The Balaban J connectivity index is 1.48. The van der Waals surface area contributed by atoms with Crippen LogP contribution in [0, 0.1) is 0 Å². The Bertz CT molecular complexity index is 991. The van der Waals surface area contributed by atoms with Crippen molar-refractivity contribution in [2.24, 2.45) is 0 Å². The second kappa shape index (κ2) is 11.0. The fourth-order valence-corrected chi connectivity index (χ4v) is 3.73. The molecule has 0 fully saturated rings. The number of carbonyl (C=O) groups excluding carboxylic acids is 2. The molecule has 0 bridgehead atoms. The molecular weight excluding hydrogens is 461 g/mol. The number of carbonyl (C=O) groups is 2. The molecule has 2 aromatic carbocycles. The van der Waals surface area contributed by atoms with E-state index in [-0.39, 0.29) is 11.7 Å². The van der Waals surface area contributed by atoms with Crippen LogP contribution in [-0.2, 0) is 17.3 Å². The number of benzene rings is 2. The first kappa shape index (κ1) is 26.4. The minimum atomic E-state index is -4.44. The van der Waals surface area contributed by atoms with Crippen molar-refractivity contribution in [3.05, 3.63) is 65.2 Å². The summed E-state index contributed by atoms with van der Waals surface area (Å²) in [6.07, 6.45) is -3.14. The second-order valence-electron chi connectivity index (χ2n) is 9.52. The maximum absolute atomic E-state index is 12.8. The molecule has 35 heavy (non-hydrogen) atoms. The van der Waals surface area contributed by atoms with E-state index in [0.29, 0.717) is 38.9 Å². The van der Waals surface area contributed by atoms with Crippen LogP contribution < -0.4 is 10.1 Å². The SMILES string of the molecule is CC(C)(C)OC(=O)N(CCCCNC(=O)c1ccc(C(F)(F)F)cc1)CC1Cc2ccccc2O1. The summed E-state index contributed by atoms with van der Waals surface area (Å²) in [5.41, 5.74) is -0.172. The van der Waals surface area contributed by atoms with Crippen molar-refractivity contribution in [1.29, 1.82) is 0 Å². The molecule has 6 nitrogen and oxygen atoms in total. The average Bonchev–Trinajstić information content (AvgIpc) is 3.18. The Morgan fingerprint density at radius 2 is 1.74 bits per heavy atom. The van der Waals surface area contributed by atoms with Gasteiger partial charge in [0.05, 0.1) is 12.1 Å². The van der Waals surface area contributed by atoms with Gasteiger partial charge in [-0.1, -0.05) is 18.2 Å². The summed E-state index contributed by atoms with van der Waals surface area (Å²) in [5.74, 6) is 0.382. The second-order valence-corrected chi connectivity index (χ2v) is 9.52. The molecular formula is C26H31F3N2O4. The third-order valence-corrected chi connectivity index (χ3v) is 5.40. The summed E-state index contributed by atoms with van der Waals surface area (Å²) >= 11 is 0. The number of amides is 2. The van der Waals surface area contributed by atoms with Gasteiger partial charge >= 0.3 is 12.3 Å². The van der Waals surface area contributed by atoms with Crippen LogP contribution in [0.15, 0.2) is 48.5 Å². The third-order valence-electron chi connectivity index (χ3n) is 5.40. The van der Waals surface area contributed by atoms with Gasteiger partial charge < -0.3 is 19.7 Å². The highest BCUT2D eigenvalue weighted by Crippen LogP contribution is 2.30. The number of hydrogen-bond donors (Lipinski definition) is 1. The summed E-state index contributed by atoms with van der Waals surface area (Å²) in [6.45, 7) is 6.54. The first-order chi connectivity index (χ1) is 16.4. The Labute approximate surface area is 203 Å². The molecule has 1 N–H and O–H groups in total. The molecule has 2 aromatic rings. The number of ether oxygens (including phenoxy) is 2. The molecule has 190 valence electrons. The zero-order chi connectivity index (χ0) is 25.6. The fraction of sp³-hybridized carbons (Fsp3) is 0.462. The van der Waals surface area contributed by atoms with Crippen LogP contribution in [0.2, 0.25) is 0 Å². The van der Waals surface area contributed by atoms with Gasteiger partial charge in [0.2, 0.25) is 0 Å². The van der Waals surface area contributed by atoms with Crippen molar-refractivity contribution in [1.82, 2.24) is 10.2 Å². The predicted molar refractivity (Wildman–Crippen MR) is 125 cm³/mol. The van der Waals surface area contributed by atoms with E-state index in [0.717, 1.165) is 35.6 Å². The molecule has 0 radical (unpaired) electrons. The van der Waals surface area contributed by atoms with E-state index < -0.39 is 29.3 Å². The lowest BCUT2D eigenvalue weighted by Crippen LogP contribution is -2.43. The molecule has 1 aliphatic rings. The van der Waals surface area contributed by atoms with Crippen LogP contribution in [-0.4, -0.2) is 48.2 Å². The highest BCUT2D eigenvalue weighted by atomic mass is 19.4. The van der Waals surface area contributed by atoms with Crippen molar-refractivity contribution >= 4 is 12.0 Å². The molecule has 1 heterocycles. The van der Waals surface area contributed by atoms with Gasteiger partial charge in [-0.25, -0.2) is 4.79 Å². The van der Waals surface area contributed by atoms with E-state index in [4.69, 9.17) is 9.47 Å². The number of rotatable bonds is 8. The summed E-state index contributed by atoms with van der Waals surface area (Å²) in [5, 5.41) is 2.70. The third kappa shape index (κ3) is 7.90. The number of nitrogens with one attached hydrogen (secondary N) is 1. The van der Waals surface area contributed by atoms with Gasteiger partial charge in [-0.3, -0.25) is 4.79 Å². The van der Waals surface area contributed by atoms with Gasteiger partial charge in [-0.05, 0) is 69.5 Å². The van der Waals surface area contributed by atoms with Gasteiger partial charge in [0.1, 0.15) is 17.5 Å². The summed E-state index contributed by atoms with van der Waals surface area (Å²) in [4.78, 5) is 26.6. The number of para-hydroxylation sites is 1. The highest BCUT2D eigenvalue weighted by molar-refractivity contribution is 5.94. The molecule has 1 aliphatic heterocycles. The molecule has 0 aliphatic carbocycles. The first-order valence-electron chi connectivity index (χ1n) is 11.6. The van der Waals surface area contributed by atoms with Gasteiger partial charge in [-0.2, -0.15) is 13.2 Å². The normalized spacial score (nSPS) is 15.2. The molecule has 0 saturated heterocycles. The largest absolute Gasteiger partial charge is 0.488 e. The number of nitrogens with zero attached hydrogens (tertiary/aromatic N) is 1. The lowest BCUT2D eigenvalue weighted by molar-refractivity contribution is -0.137. The summed E-state index contributed by atoms with van der Waals surface area (Å²) < 4.78 is 49.6. The van der Waals surface area contributed by atoms with Gasteiger partial charge in [-0.15, -0.1) is 0 Å². The maximum atomic E-state index is 12.8. The molecule has 0 spiro atoms. The predicted octanol–water partition coefficient (Wildman–Crippen LogP) is 5.46. The fourth-order valence-electron chi connectivity index (χ4n) is 3.73. The van der Waals surface area contributed by atoms with E-state index in [2.05, 4.69) is 5.32 Å². The molecule has 1 atom stereocenters. The minimum absolute atomic E-state index is 0.159. The summed E-state index contributed by atoms with van der Waals surface area (Å²) in [7, 11) is 0. The van der Waals surface area contributed by atoms with E-state index in [1.165, 1.54) is 0 Å². The zero-order valence-corrected chi connectivity index (χ0v) is 20.2. The highest BCUT2D eigenvalue weighted by Gasteiger charge is 2.30. The van der Waals surface area contributed by atoms with Crippen LogP contribution in [0.25, 0.3) is 0 Å². The number of hydrogen-bond acceptors (Lipinski definition) is 4. The van der Waals surface area contributed by atoms with Crippen LogP contribution in [0.5, 0.6) is 5.75 Å². The molecule has 0 saturated carbocycles. The first-order valence-corrected chi connectivity index (χ1v) is 11.6. The number of unbranched alkanes of at least 4 members (excludes halogenated alkanes) is 1. The number of halogens is 3. The zero-order valence-electron chi connectivity index (χ0n) is 20.2. The Morgan fingerprint density at radius 1 is 1.06 bits per heavy atom. The Morgan fingerprint density at radius 3 is 2.37 bits per heavy atom. The minimum Gasteiger partial charge on any atom is -0.488 e. The van der Waals surface area contributed by atoms with Crippen LogP contribution in [0.4, 0.5) is 18.0 Å². The lowest BCUT2D eigenvalue weighted by Gasteiger charge is -2.29. The van der Waals surface area contributed by atoms with Crippen molar-refractivity contribution in [2.75, 3.05) is 19.6 Å². The monoisotopic (exact) mass is 492 g/mol. The van der Waals surface area contributed by atoms with E-state index >= 15 is 0 Å². The summed E-state index contributed by atoms with van der Waals surface area (Å²) in [6, 6.07) is 11.9. The van der Waals surface area contributed by atoms with Gasteiger partial charge in [0.15, 0.2) is 0 Å². The van der Waals surface area contributed by atoms with Crippen molar-refractivity contribution in [2.45, 2.75) is 57.9 Å². The van der Waals surface area contributed by atoms with Crippen molar-refractivity contribution in [3.8, 4) is 5.75 Å². The Hall–Kier alpha value is -3.23. The van der Waals surface area contributed by atoms with Crippen LogP contribution >= 0.6 is 0 Å². The van der Waals surface area contributed by atoms with E-state index in [1.54, 1.807) is 4.90 Å². The van der Waals surface area contributed by atoms with Gasteiger partial charge in [0.25, 0.3) is 5.91 Å². The van der Waals surface area contributed by atoms with Gasteiger partial charge in [0, 0.05) is 25.1 Å². The number of alkyl halides is 3. The van der Waals surface area contributed by atoms with Crippen molar-refractivity contribution in [3.63, 3.8) is 0 Å². The van der Waals surface area contributed by atoms with Crippen LogP contribution in [0.1, 0.15) is 55.1 Å². The molecule has 3 rings (SSSR count). The maximum Gasteiger partial charge on any atom is 0.416 e. The smallest absolute Gasteiger partial charge is 0.416 e. The standard InChI is InChI=1S/C26H31F3N2O4/c1-25(2,3)35-24(33)31(17-21-16-19-8-4-5-9-22(19)34-21)15-7-6-14-30-23(32)18-10-12-20(13-11-18)26(27,28)29/h4-5,8-13,21H,6-7,14-17H2,1-3H3,(H,30,32). The molecule has 1 unspecified atom stereocenters. The average molecular weight is 493 g/mol.